The number of hydrogen-bond donors (Lipinski definition) is 2. The number of nitrogen functional groups attached to an aromatic ring is 1. The molecule has 0 spiro atoms. The maximum atomic E-state index is 12.4. The van der Waals surface area contributed by atoms with Crippen molar-refractivity contribution in [2.75, 3.05) is 18.8 Å². The van der Waals surface area contributed by atoms with Gasteiger partial charge in [-0.15, -0.1) is 0 Å². The van der Waals surface area contributed by atoms with Crippen LogP contribution in [0.2, 0.25) is 5.02 Å². The molecule has 0 aromatic heterocycles. The fourth-order valence-corrected chi connectivity index (χ4v) is 2.81. The Morgan fingerprint density at radius 2 is 2.20 bits per heavy atom. The summed E-state index contributed by atoms with van der Waals surface area (Å²) in [5.41, 5.74) is 6.53. The summed E-state index contributed by atoms with van der Waals surface area (Å²) >= 11 is 6.04. The van der Waals surface area contributed by atoms with Gasteiger partial charge in [0.2, 0.25) is 0 Å². The van der Waals surface area contributed by atoms with E-state index in [4.69, 9.17) is 22.4 Å². The van der Waals surface area contributed by atoms with Gasteiger partial charge in [-0.25, -0.2) is 0 Å². The summed E-state index contributed by atoms with van der Waals surface area (Å²) in [4.78, 5) is 24.9. The van der Waals surface area contributed by atoms with E-state index in [1.807, 2.05) is 0 Å². The molecule has 0 radical (unpaired) electrons. The maximum absolute atomic E-state index is 12.4. The first-order chi connectivity index (χ1) is 9.47. The maximum Gasteiger partial charge on any atom is 0.303 e. The fourth-order valence-electron chi connectivity index (χ4n) is 2.54. The molecule has 0 saturated carbocycles. The predicted octanol–water partition coefficient (Wildman–Crippen LogP) is 2.25. The first-order valence-corrected chi connectivity index (χ1v) is 6.91. The number of hydrogen-bond acceptors (Lipinski definition) is 3. The summed E-state index contributed by atoms with van der Waals surface area (Å²) in [6.45, 7) is 1.10. The van der Waals surface area contributed by atoms with Crippen LogP contribution >= 0.6 is 11.6 Å². The van der Waals surface area contributed by atoms with Gasteiger partial charge >= 0.3 is 5.97 Å². The van der Waals surface area contributed by atoms with Crippen LogP contribution in [0.3, 0.4) is 0 Å². The van der Waals surface area contributed by atoms with E-state index < -0.39 is 5.97 Å². The van der Waals surface area contributed by atoms with Gasteiger partial charge in [0.25, 0.3) is 5.91 Å². The number of likely N-dealkylation sites (tertiary alicyclic amines) is 1. The Hall–Kier alpha value is -1.75. The minimum absolute atomic E-state index is 0.0118. The number of nitrogens with two attached hydrogens (primary N) is 1. The molecule has 108 valence electrons. The molecule has 20 heavy (non-hydrogen) atoms. The van der Waals surface area contributed by atoms with Crippen LogP contribution in [0.4, 0.5) is 5.69 Å². The van der Waals surface area contributed by atoms with Crippen molar-refractivity contribution in [2.45, 2.75) is 19.3 Å². The van der Waals surface area contributed by atoms with E-state index in [1.54, 1.807) is 23.1 Å². The van der Waals surface area contributed by atoms with E-state index in [0.29, 0.717) is 29.4 Å². The normalized spacial score (nSPS) is 18.9. The second-order valence-corrected chi connectivity index (χ2v) is 5.50. The molecule has 1 aromatic rings. The van der Waals surface area contributed by atoms with Crippen molar-refractivity contribution in [3.63, 3.8) is 0 Å². The number of aliphatic carboxylic acids is 1. The fraction of sp³-hybridized carbons (Fsp3) is 0.429. The standard InChI is InChI=1S/C14H17ClN2O3/c15-12-7-10(16)3-4-11(12)14(20)17-5-1-2-9(8-17)6-13(18)19/h3-4,7,9H,1-2,5-6,8,16H2,(H,18,19). The molecule has 1 unspecified atom stereocenters. The molecule has 0 bridgehead atoms. The highest BCUT2D eigenvalue weighted by atomic mass is 35.5. The molecule has 0 aliphatic carbocycles. The number of carboxylic acid groups (broad SMARTS) is 1. The topological polar surface area (TPSA) is 83.6 Å². The zero-order valence-electron chi connectivity index (χ0n) is 11.0. The number of nitrogens with zero attached hydrogens (tertiary/aromatic N) is 1. The molecule has 1 saturated heterocycles. The number of anilines is 1. The molecular weight excluding hydrogens is 280 g/mol. The van der Waals surface area contributed by atoms with Crippen molar-refractivity contribution < 1.29 is 14.7 Å². The predicted molar refractivity (Wildman–Crippen MR) is 76.7 cm³/mol. The van der Waals surface area contributed by atoms with Gasteiger partial charge in [-0.05, 0) is 37.0 Å². The van der Waals surface area contributed by atoms with Crippen molar-refractivity contribution >= 4 is 29.2 Å². The zero-order valence-corrected chi connectivity index (χ0v) is 11.8. The molecule has 1 aromatic carbocycles. The van der Waals surface area contributed by atoms with Gasteiger partial charge < -0.3 is 15.7 Å². The average molecular weight is 297 g/mol. The Labute approximate surface area is 122 Å². The number of halogens is 1. The minimum Gasteiger partial charge on any atom is -0.481 e. The molecule has 1 fully saturated rings. The molecule has 5 nitrogen and oxygen atoms in total. The molecule has 1 aliphatic rings. The molecule has 1 amide bonds. The summed E-state index contributed by atoms with van der Waals surface area (Å²) in [6.07, 6.45) is 1.75. The van der Waals surface area contributed by atoms with Crippen LogP contribution in [0.25, 0.3) is 0 Å². The van der Waals surface area contributed by atoms with Gasteiger partial charge in [-0.1, -0.05) is 11.6 Å². The number of amides is 1. The van der Waals surface area contributed by atoms with Crippen molar-refractivity contribution in [3.8, 4) is 0 Å². The third-order valence-corrected chi connectivity index (χ3v) is 3.81. The van der Waals surface area contributed by atoms with Crippen LogP contribution in [0.5, 0.6) is 0 Å². The lowest BCUT2D eigenvalue weighted by Crippen LogP contribution is -2.40. The van der Waals surface area contributed by atoms with E-state index in [2.05, 4.69) is 0 Å². The number of carbonyl (C=O) groups is 2. The molecule has 3 N–H and O–H groups in total. The molecular formula is C14H17ClN2O3. The number of rotatable bonds is 3. The van der Waals surface area contributed by atoms with Crippen molar-refractivity contribution in [1.82, 2.24) is 4.90 Å². The summed E-state index contributed by atoms with van der Waals surface area (Å²) in [7, 11) is 0. The highest BCUT2D eigenvalue weighted by molar-refractivity contribution is 6.34. The minimum atomic E-state index is -0.824. The summed E-state index contributed by atoms with van der Waals surface area (Å²) in [6, 6.07) is 4.80. The van der Waals surface area contributed by atoms with Crippen LogP contribution in [-0.4, -0.2) is 35.0 Å². The van der Waals surface area contributed by atoms with Crippen molar-refractivity contribution in [3.05, 3.63) is 28.8 Å². The van der Waals surface area contributed by atoms with Gasteiger partial charge in [0.15, 0.2) is 0 Å². The molecule has 6 heteroatoms. The van der Waals surface area contributed by atoms with E-state index in [9.17, 15) is 9.59 Å². The first-order valence-electron chi connectivity index (χ1n) is 6.53. The second kappa shape index (κ2) is 6.13. The third-order valence-electron chi connectivity index (χ3n) is 3.49. The Bertz CT molecular complexity index is 533. The molecule has 1 atom stereocenters. The van der Waals surface area contributed by atoms with Gasteiger partial charge in [-0.2, -0.15) is 0 Å². The molecule has 2 rings (SSSR count). The smallest absolute Gasteiger partial charge is 0.303 e. The van der Waals surface area contributed by atoms with E-state index in [0.717, 1.165) is 12.8 Å². The Morgan fingerprint density at radius 1 is 1.45 bits per heavy atom. The lowest BCUT2D eigenvalue weighted by molar-refractivity contribution is -0.138. The van der Waals surface area contributed by atoms with Gasteiger partial charge in [-0.3, -0.25) is 9.59 Å². The second-order valence-electron chi connectivity index (χ2n) is 5.10. The molecule has 1 heterocycles. The number of carbonyl (C=O) groups excluding carboxylic acids is 1. The quantitative estimate of drug-likeness (QED) is 0.838. The van der Waals surface area contributed by atoms with Crippen LogP contribution < -0.4 is 5.73 Å². The summed E-state index contributed by atoms with van der Waals surface area (Å²) in [5, 5.41) is 9.17. The highest BCUT2D eigenvalue weighted by Gasteiger charge is 2.26. The highest BCUT2D eigenvalue weighted by Crippen LogP contribution is 2.25. The van der Waals surface area contributed by atoms with E-state index in [1.165, 1.54) is 0 Å². The number of benzene rings is 1. The van der Waals surface area contributed by atoms with Crippen LogP contribution in [0.1, 0.15) is 29.6 Å². The summed E-state index contributed by atoms with van der Waals surface area (Å²) < 4.78 is 0. The van der Waals surface area contributed by atoms with Crippen molar-refractivity contribution in [1.29, 1.82) is 0 Å². The number of carboxylic acids is 1. The van der Waals surface area contributed by atoms with Crippen LogP contribution in [0.15, 0.2) is 18.2 Å². The largest absolute Gasteiger partial charge is 0.481 e. The molecule has 1 aliphatic heterocycles. The van der Waals surface area contributed by atoms with Crippen molar-refractivity contribution in [2.24, 2.45) is 5.92 Å². The lowest BCUT2D eigenvalue weighted by atomic mass is 9.94. The third kappa shape index (κ3) is 3.42. The van der Waals surface area contributed by atoms with Gasteiger partial charge in [0, 0.05) is 25.2 Å². The zero-order chi connectivity index (χ0) is 14.7. The van der Waals surface area contributed by atoms with Gasteiger partial charge in [0.05, 0.1) is 10.6 Å². The van der Waals surface area contributed by atoms with Gasteiger partial charge in [0.1, 0.15) is 0 Å². The monoisotopic (exact) mass is 296 g/mol. The average Bonchev–Trinajstić information content (AvgIpc) is 2.37. The first kappa shape index (κ1) is 14.7. The Kier molecular flexibility index (Phi) is 4.49. The number of piperidine rings is 1. The SMILES string of the molecule is Nc1ccc(C(=O)N2CCCC(CC(=O)O)C2)c(Cl)c1. The van der Waals surface area contributed by atoms with E-state index in [-0.39, 0.29) is 18.2 Å². The Morgan fingerprint density at radius 3 is 2.85 bits per heavy atom. The summed E-state index contributed by atoms with van der Waals surface area (Å²) in [5.74, 6) is -0.974. The Balaban J connectivity index is 2.10. The van der Waals surface area contributed by atoms with Crippen LogP contribution in [-0.2, 0) is 4.79 Å². The van der Waals surface area contributed by atoms with E-state index >= 15 is 0 Å². The lowest BCUT2D eigenvalue weighted by Gasteiger charge is -2.32. The van der Waals surface area contributed by atoms with Crippen LogP contribution in [0, 0.1) is 5.92 Å².